The number of likely N-dealkylation sites (N-methyl/N-ethyl adjacent to an activating group) is 2. The van der Waals surface area contributed by atoms with Crippen LogP contribution in [-0.4, -0.2) is 131 Å². The number of carbonyl (C=O) groups excluding carboxylic acids is 6. The molecule has 0 N–H and O–H groups in total. The number of esters is 5. The highest BCUT2D eigenvalue weighted by Crippen LogP contribution is 2.45. The molecule has 350 valence electrons. The summed E-state index contributed by atoms with van der Waals surface area (Å²) in [5.41, 5.74) is -7.09. The van der Waals surface area contributed by atoms with Gasteiger partial charge in [-0.3, -0.25) is 28.8 Å². The van der Waals surface area contributed by atoms with Crippen molar-refractivity contribution in [3.05, 3.63) is 0 Å². The highest BCUT2D eigenvalue weighted by Gasteiger charge is 2.54. The lowest BCUT2D eigenvalue weighted by atomic mass is 9.69. The molecule has 0 aromatic heterocycles. The molecule has 0 saturated heterocycles. The van der Waals surface area contributed by atoms with Gasteiger partial charge < -0.3 is 38.4 Å². The van der Waals surface area contributed by atoms with Crippen molar-refractivity contribution in [3.8, 4) is 0 Å². The lowest BCUT2D eigenvalue weighted by Gasteiger charge is -2.41. The molecule has 0 aliphatic carbocycles. The van der Waals surface area contributed by atoms with Gasteiger partial charge in [0, 0.05) is 24.9 Å². The molecule has 0 radical (unpaired) electrons. The fourth-order valence-corrected chi connectivity index (χ4v) is 7.22. The molecule has 14 nitrogen and oxygen atoms in total. The number of rotatable bonds is 29. The van der Waals surface area contributed by atoms with E-state index in [-0.39, 0.29) is 57.5 Å². The molecule has 0 aromatic carbocycles. The Morgan fingerprint density at radius 1 is 0.417 bits per heavy atom. The van der Waals surface area contributed by atoms with Crippen molar-refractivity contribution in [2.24, 2.45) is 32.5 Å². The van der Waals surface area contributed by atoms with E-state index in [2.05, 4.69) is 0 Å². The lowest BCUT2D eigenvalue weighted by molar-refractivity contribution is -0.341. The van der Waals surface area contributed by atoms with E-state index in [0.29, 0.717) is 32.4 Å². The molecule has 0 spiro atoms. The van der Waals surface area contributed by atoms with Gasteiger partial charge in [0.2, 0.25) is 0 Å². The summed E-state index contributed by atoms with van der Waals surface area (Å²) in [7, 11) is 11.4. The first kappa shape index (κ1) is 56.9. The van der Waals surface area contributed by atoms with Crippen LogP contribution in [0.2, 0.25) is 0 Å². The van der Waals surface area contributed by atoms with Crippen LogP contribution in [0, 0.1) is 32.5 Å². The largest absolute Gasteiger partial charge is 0.464 e. The Morgan fingerprint density at radius 2 is 0.733 bits per heavy atom. The molecule has 0 amide bonds. The summed E-state index contributed by atoms with van der Waals surface area (Å²) in [6.07, 6.45) is 1.75. The van der Waals surface area contributed by atoms with Gasteiger partial charge in [0.1, 0.15) is 19.0 Å². The van der Waals surface area contributed by atoms with Crippen molar-refractivity contribution in [3.63, 3.8) is 0 Å². The van der Waals surface area contributed by atoms with Gasteiger partial charge in [0.25, 0.3) is 0 Å². The summed E-state index contributed by atoms with van der Waals surface area (Å²) < 4.78 is 29.5. The normalized spacial score (nSPS) is 16.6. The first-order valence-corrected chi connectivity index (χ1v) is 21.8. The molecule has 0 aliphatic rings. The van der Waals surface area contributed by atoms with Crippen LogP contribution in [0.4, 0.5) is 0 Å². The van der Waals surface area contributed by atoms with Gasteiger partial charge in [-0.25, -0.2) is 0 Å². The summed E-state index contributed by atoms with van der Waals surface area (Å²) in [4.78, 5) is 89.4. The molecule has 14 heteroatoms. The smallest absolute Gasteiger partial charge is 0.423 e. The Hall–Kier alpha value is -3.10. The predicted octanol–water partition coefficient (Wildman–Crippen LogP) is 7.30. The van der Waals surface area contributed by atoms with Gasteiger partial charge in [-0.15, -0.1) is 0 Å². The van der Waals surface area contributed by atoms with Gasteiger partial charge in [-0.05, 0) is 149 Å². The van der Waals surface area contributed by atoms with E-state index in [1.807, 2.05) is 70.8 Å². The highest BCUT2D eigenvalue weighted by molar-refractivity contribution is 5.86. The number of Topliss-reactive ketones (excluding diaryl/α,β-unsaturated/α-hetero) is 1. The third kappa shape index (κ3) is 17.3. The van der Waals surface area contributed by atoms with Crippen LogP contribution in [0.25, 0.3) is 0 Å². The van der Waals surface area contributed by atoms with Gasteiger partial charge in [-0.2, -0.15) is 0 Å². The van der Waals surface area contributed by atoms with E-state index in [1.165, 1.54) is 0 Å². The topological polar surface area (TPSA) is 158 Å². The zero-order valence-electron chi connectivity index (χ0n) is 41.2. The third-order valence-corrected chi connectivity index (χ3v) is 11.9. The van der Waals surface area contributed by atoms with Crippen molar-refractivity contribution in [1.82, 2.24) is 14.7 Å². The number of nitrogens with zero attached hydrogens (tertiary/aromatic N) is 3. The minimum atomic E-state index is -2.54. The SMILES string of the molecule is CCC(OC(=O)C(C)(C)CC(C)(CC)C(=O)CCCN(C)C)(OC(=O)C(C)(CC)CC(C)(C)C(=O)OCCN(C)C)OC(=O)C(C)(CC)CC(C)(C)C(=O)OCCN(C)C. The standard InChI is InChI=1S/C46H85N3O11/c1-20-43(11,34(50)25-24-26-47(14)15)31-42(9,10)37(53)58-46(23-4,59-38(54)44(12,21-2)32-40(5,6)35(51)56-29-27-48(16)17)60-39(55)45(13,22-3)33-41(7,8)36(52)57-30-28-49(18)19/h20-33H2,1-19H3. The average Bonchev–Trinajstić information content (AvgIpc) is 3.13. The third-order valence-electron chi connectivity index (χ3n) is 11.9. The van der Waals surface area contributed by atoms with Crippen LogP contribution < -0.4 is 0 Å². The minimum absolute atomic E-state index is 0.00486. The number of carbonyl (C=O) groups is 6. The molecule has 3 atom stereocenters. The van der Waals surface area contributed by atoms with E-state index in [9.17, 15) is 28.8 Å². The number of ether oxygens (including phenoxy) is 5. The number of hydrogen-bond donors (Lipinski definition) is 0. The highest BCUT2D eigenvalue weighted by atomic mass is 16.9. The van der Waals surface area contributed by atoms with E-state index < -0.39 is 68.3 Å². The number of ketones is 1. The van der Waals surface area contributed by atoms with Gasteiger partial charge in [0.15, 0.2) is 0 Å². The second-order valence-electron chi connectivity index (χ2n) is 20.3. The molecule has 0 bridgehead atoms. The minimum Gasteiger partial charge on any atom is -0.464 e. The summed E-state index contributed by atoms with van der Waals surface area (Å²) in [6, 6.07) is 0. The van der Waals surface area contributed by atoms with Gasteiger partial charge in [-0.1, -0.05) is 34.6 Å². The fraction of sp³-hybridized carbons (Fsp3) is 0.870. The van der Waals surface area contributed by atoms with Crippen molar-refractivity contribution in [2.75, 3.05) is 75.1 Å². The maximum Gasteiger partial charge on any atom is 0.423 e. The summed E-state index contributed by atoms with van der Waals surface area (Å²) >= 11 is 0. The quantitative estimate of drug-likeness (QED) is 0.0419. The summed E-state index contributed by atoms with van der Waals surface area (Å²) in [5, 5.41) is 0. The Bertz CT molecular complexity index is 1370. The lowest BCUT2D eigenvalue weighted by Crippen LogP contribution is -2.52. The van der Waals surface area contributed by atoms with Crippen LogP contribution in [-0.2, 0) is 52.5 Å². The Labute approximate surface area is 363 Å². The van der Waals surface area contributed by atoms with Crippen LogP contribution >= 0.6 is 0 Å². The molecule has 60 heavy (non-hydrogen) atoms. The zero-order chi connectivity index (χ0) is 47.1. The summed E-state index contributed by atoms with van der Waals surface area (Å²) in [5.74, 6) is -6.04. The maximum atomic E-state index is 14.5. The Balaban J connectivity index is 7.08. The van der Waals surface area contributed by atoms with E-state index in [0.717, 1.165) is 6.54 Å². The van der Waals surface area contributed by atoms with Crippen molar-refractivity contribution < 1.29 is 52.5 Å². The molecule has 3 unspecified atom stereocenters. The molecule has 0 aromatic rings. The Kier molecular flexibility index (Phi) is 22.2. The van der Waals surface area contributed by atoms with Crippen LogP contribution in [0.1, 0.15) is 148 Å². The molecular formula is C46H85N3O11. The molecule has 0 saturated carbocycles. The van der Waals surface area contributed by atoms with Crippen molar-refractivity contribution >= 4 is 35.6 Å². The monoisotopic (exact) mass is 856 g/mol. The second kappa shape index (κ2) is 23.4. The first-order chi connectivity index (χ1) is 27.3. The van der Waals surface area contributed by atoms with Crippen LogP contribution in [0.3, 0.4) is 0 Å². The van der Waals surface area contributed by atoms with Crippen molar-refractivity contribution in [1.29, 1.82) is 0 Å². The average molecular weight is 856 g/mol. The van der Waals surface area contributed by atoms with Crippen LogP contribution in [0.15, 0.2) is 0 Å². The molecule has 0 aliphatic heterocycles. The molecule has 0 heterocycles. The van der Waals surface area contributed by atoms with E-state index in [1.54, 1.807) is 76.2 Å². The van der Waals surface area contributed by atoms with Gasteiger partial charge in [0.05, 0.1) is 33.5 Å². The maximum absolute atomic E-state index is 14.5. The van der Waals surface area contributed by atoms with Crippen molar-refractivity contribution in [2.45, 2.75) is 154 Å². The van der Waals surface area contributed by atoms with Crippen LogP contribution in [0.5, 0.6) is 0 Å². The molecular weight excluding hydrogens is 771 g/mol. The fourth-order valence-electron chi connectivity index (χ4n) is 7.22. The first-order valence-electron chi connectivity index (χ1n) is 21.8. The van der Waals surface area contributed by atoms with E-state index in [4.69, 9.17) is 23.7 Å². The van der Waals surface area contributed by atoms with Gasteiger partial charge >= 0.3 is 35.8 Å². The molecule has 0 fully saturated rings. The number of hydrogen-bond acceptors (Lipinski definition) is 14. The zero-order valence-corrected chi connectivity index (χ0v) is 41.2. The van der Waals surface area contributed by atoms with E-state index >= 15 is 0 Å². The second-order valence-corrected chi connectivity index (χ2v) is 20.3. The Morgan fingerprint density at radius 3 is 1.05 bits per heavy atom. The summed E-state index contributed by atoms with van der Waals surface area (Å²) in [6.45, 7) is 24.3. The molecule has 0 rings (SSSR count). The predicted molar refractivity (Wildman–Crippen MR) is 234 cm³/mol.